The van der Waals surface area contributed by atoms with Crippen LogP contribution in [-0.2, 0) is 13.1 Å². The zero-order valence-corrected chi connectivity index (χ0v) is 16.8. The van der Waals surface area contributed by atoms with Crippen molar-refractivity contribution >= 4 is 11.6 Å². The first-order valence-corrected chi connectivity index (χ1v) is 9.50. The van der Waals surface area contributed by atoms with Gasteiger partial charge >= 0.3 is 0 Å². The minimum Gasteiger partial charge on any atom is -0.467 e. The van der Waals surface area contributed by atoms with Gasteiger partial charge in [-0.25, -0.2) is 0 Å². The van der Waals surface area contributed by atoms with Crippen molar-refractivity contribution in [3.63, 3.8) is 0 Å². The van der Waals surface area contributed by atoms with E-state index in [1.54, 1.807) is 17.2 Å². The molecule has 29 heavy (non-hydrogen) atoms. The first-order chi connectivity index (χ1) is 14.0. The van der Waals surface area contributed by atoms with E-state index >= 15 is 0 Å². The van der Waals surface area contributed by atoms with Gasteiger partial charge < -0.3 is 8.83 Å². The van der Waals surface area contributed by atoms with Gasteiger partial charge in [0.1, 0.15) is 11.5 Å². The number of carbonyl (C=O) groups is 1. The third kappa shape index (κ3) is 4.16. The Hall–Kier alpha value is -3.54. The predicted molar refractivity (Wildman–Crippen MR) is 110 cm³/mol. The average Bonchev–Trinajstić information content (AvgIpc) is 3.43. The van der Waals surface area contributed by atoms with Crippen LogP contribution in [0.1, 0.15) is 39.0 Å². The number of aromatic nitrogens is 2. The fourth-order valence-electron chi connectivity index (χ4n) is 3.26. The molecular formula is C23H23N3O3. The summed E-state index contributed by atoms with van der Waals surface area (Å²) in [6, 6.07) is 17.0. The lowest BCUT2D eigenvalue weighted by Crippen LogP contribution is -2.30. The van der Waals surface area contributed by atoms with Crippen molar-refractivity contribution in [2.24, 2.45) is 0 Å². The maximum absolute atomic E-state index is 13.3. The number of hydrogen-bond donors (Lipinski definition) is 0. The number of benzene rings is 1. The molecular weight excluding hydrogens is 366 g/mol. The Morgan fingerprint density at radius 1 is 1.03 bits per heavy atom. The SMILES string of the molecule is Cc1ccc(N(Cc2ccco2)C(=O)c2ccc(Cn3nc(C)cc3C)o2)cc1. The lowest BCUT2D eigenvalue weighted by Gasteiger charge is -2.21. The maximum atomic E-state index is 13.3. The van der Waals surface area contributed by atoms with Crippen LogP contribution in [-0.4, -0.2) is 15.7 Å². The zero-order chi connectivity index (χ0) is 20.4. The summed E-state index contributed by atoms with van der Waals surface area (Å²) in [6.07, 6.45) is 1.60. The quantitative estimate of drug-likeness (QED) is 0.471. The summed E-state index contributed by atoms with van der Waals surface area (Å²) >= 11 is 0. The molecule has 148 valence electrons. The second-order valence-electron chi connectivity index (χ2n) is 7.16. The fraction of sp³-hybridized carbons (Fsp3) is 0.217. The van der Waals surface area contributed by atoms with Crippen molar-refractivity contribution in [3.05, 3.63) is 95.1 Å². The van der Waals surface area contributed by atoms with Crippen molar-refractivity contribution < 1.29 is 13.6 Å². The molecule has 0 saturated carbocycles. The molecule has 0 saturated heterocycles. The molecule has 6 nitrogen and oxygen atoms in total. The van der Waals surface area contributed by atoms with Crippen LogP contribution in [0.5, 0.6) is 0 Å². The standard InChI is InChI=1S/C23H23N3O3/c1-16-6-8-19(9-7-16)25(14-20-5-4-12-28-20)23(27)22-11-10-21(29-22)15-26-18(3)13-17(2)24-26/h4-13H,14-15H2,1-3H3. The van der Waals surface area contributed by atoms with E-state index in [1.807, 2.05) is 74.0 Å². The van der Waals surface area contributed by atoms with E-state index < -0.39 is 0 Å². The third-order valence-corrected chi connectivity index (χ3v) is 4.77. The van der Waals surface area contributed by atoms with E-state index in [0.717, 1.165) is 22.6 Å². The van der Waals surface area contributed by atoms with E-state index in [2.05, 4.69) is 5.10 Å². The summed E-state index contributed by atoms with van der Waals surface area (Å²) in [5.74, 6) is 1.45. The minimum absolute atomic E-state index is 0.218. The molecule has 4 rings (SSSR count). The molecule has 0 unspecified atom stereocenters. The number of anilines is 1. The van der Waals surface area contributed by atoms with Crippen LogP contribution in [0, 0.1) is 20.8 Å². The summed E-state index contributed by atoms with van der Waals surface area (Å²) in [6.45, 7) is 6.77. The molecule has 0 N–H and O–H groups in total. The van der Waals surface area contributed by atoms with Gasteiger partial charge in [0, 0.05) is 11.4 Å². The number of hydrogen-bond acceptors (Lipinski definition) is 4. The highest BCUT2D eigenvalue weighted by Crippen LogP contribution is 2.22. The van der Waals surface area contributed by atoms with Crippen LogP contribution in [0.4, 0.5) is 5.69 Å². The summed E-state index contributed by atoms with van der Waals surface area (Å²) in [5, 5.41) is 4.45. The van der Waals surface area contributed by atoms with Crippen molar-refractivity contribution in [1.29, 1.82) is 0 Å². The largest absolute Gasteiger partial charge is 0.467 e. The Bertz CT molecular complexity index is 1100. The normalized spacial score (nSPS) is 11.0. The van der Waals surface area contributed by atoms with E-state index in [1.165, 1.54) is 0 Å². The Morgan fingerprint density at radius 3 is 2.48 bits per heavy atom. The van der Waals surface area contributed by atoms with E-state index in [-0.39, 0.29) is 11.7 Å². The maximum Gasteiger partial charge on any atom is 0.294 e. The van der Waals surface area contributed by atoms with Crippen molar-refractivity contribution in [3.8, 4) is 0 Å². The van der Waals surface area contributed by atoms with Crippen molar-refractivity contribution in [2.45, 2.75) is 33.9 Å². The molecule has 3 aromatic heterocycles. The van der Waals surface area contributed by atoms with E-state index in [9.17, 15) is 4.79 Å². The van der Waals surface area contributed by atoms with Crippen LogP contribution in [0.25, 0.3) is 0 Å². The van der Waals surface area contributed by atoms with Gasteiger partial charge in [-0.2, -0.15) is 5.10 Å². The van der Waals surface area contributed by atoms with Crippen LogP contribution >= 0.6 is 0 Å². The van der Waals surface area contributed by atoms with Gasteiger partial charge in [-0.15, -0.1) is 0 Å². The topological polar surface area (TPSA) is 64.4 Å². The number of rotatable bonds is 6. The molecule has 0 aliphatic carbocycles. The molecule has 0 aliphatic heterocycles. The van der Waals surface area contributed by atoms with Crippen molar-refractivity contribution in [1.82, 2.24) is 9.78 Å². The molecule has 3 heterocycles. The van der Waals surface area contributed by atoms with Crippen molar-refractivity contribution in [2.75, 3.05) is 4.90 Å². The lowest BCUT2D eigenvalue weighted by atomic mass is 10.2. The summed E-state index contributed by atoms with van der Waals surface area (Å²) in [7, 11) is 0. The van der Waals surface area contributed by atoms with Crippen LogP contribution in [0.15, 0.2) is 69.7 Å². The van der Waals surface area contributed by atoms with Gasteiger partial charge in [0.15, 0.2) is 5.76 Å². The molecule has 0 radical (unpaired) electrons. The van der Waals surface area contributed by atoms with Gasteiger partial charge in [-0.1, -0.05) is 17.7 Å². The van der Waals surface area contributed by atoms with Gasteiger partial charge in [-0.05, 0) is 63.2 Å². The number of nitrogens with zero attached hydrogens (tertiary/aromatic N) is 3. The van der Waals surface area contributed by atoms with Gasteiger partial charge in [0.2, 0.25) is 0 Å². The van der Waals surface area contributed by atoms with Crippen LogP contribution in [0.2, 0.25) is 0 Å². The first-order valence-electron chi connectivity index (χ1n) is 9.50. The molecule has 4 aromatic rings. The molecule has 1 amide bonds. The monoisotopic (exact) mass is 389 g/mol. The van der Waals surface area contributed by atoms with E-state index in [4.69, 9.17) is 8.83 Å². The Morgan fingerprint density at radius 2 is 1.83 bits per heavy atom. The third-order valence-electron chi connectivity index (χ3n) is 4.77. The summed E-state index contributed by atoms with van der Waals surface area (Å²) in [4.78, 5) is 14.9. The molecule has 0 spiro atoms. The smallest absolute Gasteiger partial charge is 0.294 e. The van der Waals surface area contributed by atoms with Gasteiger partial charge in [0.05, 0.1) is 25.0 Å². The van der Waals surface area contributed by atoms with Crippen LogP contribution in [0.3, 0.4) is 0 Å². The Balaban J connectivity index is 1.59. The minimum atomic E-state index is -0.218. The highest BCUT2D eigenvalue weighted by Gasteiger charge is 2.22. The van der Waals surface area contributed by atoms with Gasteiger partial charge in [0.25, 0.3) is 5.91 Å². The fourth-order valence-corrected chi connectivity index (χ4v) is 3.26. The average molecular weight is 389 g/mol. The molecule has 6 heteroatoms. The number of furan rings is 2. The number of aryl methyl sites for hydroxylation is 3. The van der Waals surface area contributed by atoms with E-state index in [0.29, 0.717) is 24.6 Å². The summed E-state index contributed by atoms with van der Waals surface area (Å²) in [5.41, 5.74) is 3.91. The highest BCUT2D eigenvalue weighted by molar-refractivity contribution is 6.04. The molecule has 0 aliphatic rings. The lowest BCUT2D eigenvalue weighted by molar-refractivity contribution is 0.0954. The predicted octanol–water partition coefficient (Wildman–Crippen LogP) is 4.89. The first kappa shape index (κ1) is 18.8. The molecule has 0 atom stereocenters. The molecule has 1 aromatic carbocycles. The number of carbonyl (C=O) groups excluding carboxylic acids is 1. The van der Waals surface area contributed by atoms with Crippen LogP contribution < -0.4 is 4.90 Å². The van der Waals surface area contributed by atoms with Gasteiger partial charge in [-0.3, -0.25) is 14.4 Å². The highest BCUT2D eigenvalue weighted by atomic mass is 16.4. The molecule has 0 fully saturated rings. The zero-order valence-electron chi connectivity index (χ0n) is 16.8. The number of amides is 1. The summed E-state index contributed by atoms with van der Waals surface area (Å²) < 4.78 is 13.2. The second kappa shape index (κ2) is 7.83. The Kier molecular flexibility index (Phi) is 5.08. The second-order valence-corrected chi connectivity index (χ2v) is 7.16. The molecule has 0 bridgehead atoms. The Labute approximate surface area is 169 Å².